The van der Waals surface area contributed by atoms with Gasteiger partial charge in [-0.05, 0) is 13.0 Å². The summed E-state index contributed by atoms with van der Waals surface area (Å²) in [6.07, 6.45) is 1.03. The Kier molecular flexibility index (Phi) is 4.28. The summed E-state index contributed by atoms with van der Waals surface area (Å²) in [6.45, 7) is 4.35. The van der Waals surface area contributed by atoms with Crippen molar-refractivity contribution in [3.63, 3.8) is 0 Å². The summed E-state index contributed by atoms with van der Waals surface area (Å²) in [5.74, 6) is 1.15. The van der Waals surface area contributed by atoms with Gasteiger partial charge in [0, 0.05) is 24.9 Å². The topological polar surface area (TPSA) is 68.0 Å². The first kappa shape index (κ1) is 13.3. The van der Waals surface area contributed by atoms with E-state index in [1.165, 1.54) is 0 Å². The molecule has 0 aliphatic rings. The first-order chi connectivity index (χ1) is 9.19. The fraction of sp³-hybridized carbons (Fsp3) is 0.357. The van der Waals surface area contributed by atoms with Gasteiger partial charge in [-0.15, -0.1) is 0 Å². The van der Waals surface area contributed by atoms with E-state index < -0.39 is 0 Å². The molecule has 1 aromatic carbocycles. The number of nitrogens with zero attached hydrogens (tertiary/aromatic N) is 2. The van der Waals surface area contributed by atoms with Crippen molar-refractivity contribution in [1.82, 2.24) is 15.5 Å². The molecule has 5 nitrogen and oxygen atoms in total. The summed E-state index contributed by atoms with van der Waals surface area (Å²) >= 11 is 0. The molecule has 1 heterocycles. The Labute approximate surface area is 112 Å². The normalized spacial score (nSPS) is 10.4. The molecule has 100 valence electrons. The van der Waals surface area contributed by atoms with Crippen LogP contribution in [0.5, 0.6) is 0 Å². The Morgan fingerprint density at radius 1 is 1.42 bits per heavy atom. The third-order valence-corrected chi connectivity index (χ3v) is 2.73. The lowest BCUT2D eigenvalue weighted by Gasteiger charge is -1.99. The van der Waals surface area contributed by atoms with Gasteiger partial charge in [0.25, 0.3) is 0 Å². The van der Waals surface area contributed by atoms with Crippen molar-refractivity contribution in [2.24, 2.45) is 0 Å². The fourth-order valence-electron chi connectivity index (χ4n) is 1.69. The molecule has 2 rings (SSSR count). The number of aromatic nitrogens is 2. The van der Waals surface area contributed by atoms with Crippen LogP contribution in [0.4, 0.5) is 0 Å². The van der Waals surface area contributed by atoms with Crippen LogP contribution >= 0.6 is 0 Å². The Bertz CT molecular complexity index is 563. The third kappa shape index (κ3) is 3.64. The standard InChI is InChI=1S/C14H17N3O2/c1-3-12(18)15-8-7-13-16-14(17-19-13)11-6-4-5-10(2)9-11/h4-6,9H,3,7-8H2,1-2H3,(H,15,18). The van der Waals surface area contributed by atoms with Crippen LogP contribution in [-0.2, 0) is 11.2 Å². The summed E-state index contributed by atoms with van der Waals surface area (Å²) < 4.78 is 5.16. The number of carbonyl (C=O) groups excluding carboxylic acids is 1. The largest absolute Gasteiger partial charge is 0.356 e. The maximum atomic E-state index is 11.1. The minimum atomic E-state index is 0.0263. The van der Waals surface area contributed by atoms with E-state index in [9.17, 15) is 4.79 Å². The van der Waals surface area contributed by atoms with Crippen LogP contribution in [0, 0.1) is 6.92 Å². The Morgan fingerprint density at radius 3 is 3.00 bits per heavy atom. The van der Waals surface area contributed by atoms with Gasteiger partial charge in [0.15, 0.2) is 0 Å². The average Bonchev–Trinajstić information content (AvgIpc) is 2.87. The highest BCUT2D eigenvalue weighted by atomic mass is 16.5. The van der Waals surface area contributed by atoms with E-state index in [0.717, 1.165) is 11.1 Å². The number of amides is 1. The molecule has 0 radical (unpaired) electrons. The molecule has 5 heteroatoms. The van der Waals surface area contributed by atoms with Crippen molar-refractivity contribution in [3.05, 3.63) is 35.7 Å². The smallest absolute Gasteiger partial charge is 0.228 e. The molecule has 2 aromatic rings. The molecular weight excluding hydrogens is 242 g/mol. The van der Waals surface area contributed by atoms with Crippen molar-refractivity contribution >= 4 is 5.91 Å². The van der Waals surface area contributed by atoms with Gasteiger partial charge in [0.05, 0.1) is 0 Å². The Balaban J connectivity index is 1.97. The number of rotatable bonds is 5. The van der Waals surface area contributed by atoms with Gasteiger partial charge < -0.3 is 9.84 Å². The molecule has 0 atom stereocenters. The van der Waals surface area contributed by atoms with Crippen LogP contribution in [0.2, 0.25) is 0 Å². The summed E-state index contributed by atoms with van der Waals surface area (Å²) in [4.78, 5) is 15.4. The number of carbonyl (C=O) groups is 1. The van der Waals surface area contributed by atoms with Crippen LogP contribution in [0.15, 0.2) is 28.8 Å². The Morgan fingerprint density at radius 2 is 2.26 bits per heavy atom. The van der Waals surface area contributed by atoms with Gasteiger partial charge in [0.2, 0.25) is 17.6 Å². The molecule has 0 aliphatic heterocycles. The summed E-state index contributed by atoms with van der Waals surface area (Å²) in [7, 11) is 0. The van der Waals surface area contributed by atoms with Gasteiger partial charge in [0.1, 0.15) is 0 Å². The van der Waals surface area contributed by atoms with E-state index in [-0.39, 0.29) is 5.91 Å². The highest BCUT2D eigenvalue weighted by Gasteiger charge is 2.08. The molecule has 0 saturated carbocycles. The molecular formula is C14H17N3O2. The molecule has 0 unspecified atom stereocenters. The predicted molar refractivity (Wildman–Crippen MR) is 71.5 cm³/mol. The van der Waals surface area contributed by atoms with Gasteiger partial charge in [-0.1, -0.05) is 35.8 Å². The number of aryl methyl sites for hydroxylation is 1. The molecule has 0 saturated heterocycles. The maximum absolute atomic E-state index is 11.1. The summed E-state index contributed by atoms with van der Waals surface area (Å²) in [6, 6.07) is 7.93. The van der Waals surface area contributed by atoms with E-state index in [0.29, 0.717) is 31.1 Å². The fourth-order valence-corrected chi connectivity index (χ4v) is 1.69. The molecule has 1 N–H and O–H groups in total. The summed E-state index contributed by atoms with van der Waals surface area (Å²) in [5, 5.41) is 6.72. The van der Waals surface area contributed by atoms with Crippen molar-refractivity contribution in [1.29, 1.82) is 0 Å². The summed E-state index contributed by atoms with van der Waals surface area (Å²) in [5.41, 5.74) is 2.09. The molecule has 0 aliphatic carbocycles. The molecule has 1 amide bonds. The van der Waals surface area contributed by atoms with Crippen LogP contribution in [0.3, 0.4) is 0 Å². The van der Waals surface area contributed by atoms with E-state index in [1.807, 2.05) is 38.1 Å². The predicted octanol–water partition coefficient (Wildman–Crippen LogP) is 2.11. The quantitative estimate of drug-likeness (QED) is 0.893. The lowest BCUT2D eigenvalue weighted by Crippen LogP contribution is -2.24. The lowest BCUT2D eigenvalue weighted by atomic mass is 10.1. The van der Waals surface area contributed by atoms with Crippen molar-refractivity contribution in [3.8, 4) is 11.4 Å². The van der Waals surface area contributed by atoms with Crippen LogP contribution in [0.25, 0.3) is 11.4 Å². The van der Waals surface area contributed by atoms with Crippen molar-refractivity contribution in [2.45, 2.75) is 26.7 Å². The SMILES string of the molecule is CCC(=O)NCCc1nc(-c2cccc(C)c2)no1. The zero-order valence-corrected chi connectivity index (χ0v) is 11.1. The van der Waals surface area contributed by atoms with Gasteiger partial charge in [-0.3, -0.25) is 4.79 Å². The highest BCUT2D eigenvalue weighted by molar-refractivity contribution is 5.75. The maximum Gasteiger partial charge on any atom is 0.228 e. The minimum Gasteiger partial charge on any atom is -0.356 e. The Hall–Kier alpha value is -2.17. The van der Waals surface area contributed by atoms with E-state index >= 15 is 0 Å². The van der Waals surface area contributed by atoms with E-state index in [1.54, 1.807) is 0 Å². The third-order valence-electron chi connectivity index (χ3n) is 2.73. The second-order valence-electron chi connectivity index (χ2n) is 4.33. The number of nitrogens with one attached hydrogen (secondary N) is 1. The van der Waals surface area contributed by atoms with Crippen molar-refractivity contribution < 1.29 is 9.32 Å². The first-order valence-electron chi connectivity index (χ1n) is 6.35. The minimum absolute atomic E-state index is 0.0263. The molecule has 19 heavy (non-hydrogen) atoms. The van der Waals surface area contributed by atoms with Gasteiger partial charge in [-0.25, -0.2) is 0 Å². The number of hydrogen-bond acceptors (Lipinski definition) is 4. The second kappa shape index (κ2) is 6.13. The lowest BCUT2D eigenvalue weighted by molar-refractivity contribution is -0.120. The molecule has 0 fully saturated rings. The molecule has 1 aromatic heterocycles. The zero-order valence-electron chi connectivity index (χ0n) is 11.1. The molecule has 0 spiro atoms. The zero-order chi connectivity index (χ0) is 13.7. The van der Waals surface area contributed by atoms with Gasteiger partial charge >= 0.3 is 0 Å². The first-order valence-corrected chi connectivity index (χ1v) is 6.35. The van der Waals surface area contributed by atoms with Crippen molar-refractivity contribution in [2.75, 3.05) is 6.54 Å². The van der Waals surface area contributed by atoms with Crippen LogP contribution in [-0.4, -0.2) is 22.6 Å². The van der Waals surface area contributed by atoms with E-state index in [4.69, 9.17) is 4.52 Å². The number of hydrogen-bond donors (Lipinski definition) is 1. The van der Waals surface area contributed by atoms with E-state index in [2.05, 4.69) is 15.5 Å². The highest BCUT2D eigenvalue weighted by Crippen LogP contribution is 2.16. The molecule has 0 bridgehead atoms. The second-order valence-corrected chi connectivity index (χ2v) is 4.33. The van der Waals surface area contributed by atoms with Crippen LogP contribution in [0.1, 0.15) is 24.8 Å². The van der Waals surface area contributed by atoms with Gasteiger partial charge in [-0.2, -0.15) is 4.98 Å². The number of benzene rings is 1. The average molecular weight is 259 g/mol. The van der Waals surface area contributed by atoms with Crippen LogP contribution < -0.4 is 5.32 Å². The monoisotopic (exact) mass is 259 g/mol.